The number of β-amino-alcohol motifs (C(OH)–C–C–N with tert-alkyl or cyclic N) is 1. The van der Waals surface area contributed by atoms with Crippen molar-refractivity contribution in [3.8, 4) is 0 Å². The smallest absolute Gasteiger partial charge is 0.0895 e. The van der Waals surface area contributed by atoms with E-state index >= 15 is 0 Å². The van der Waals surface area contributed by atoms with Gasteiger partial charge in [-0.1, -0.05) is 18.2 Å². The Morgan fingerprint density at radius 3 is 2.70 bits per heavy atom. The van der Waals surface area contributed by atoms with Crippen LogP contribution in [0.1, 0.15) is 19.4 Å². The van der Waals surface area contributed by atoms with Crippen molar-refractivity contribution in [2.24, 2.45) is 0 Å². The second-order valence-electron chi connectivity index (χ2n) is 5.64. The molecule has 5 nitrogen and oxygen atoms in total. The monoisotopic (exact) mass is 280 g/mol. The molecule has 0 bridgehead atoms. The molecule has 2 rings (SSSR count). The number of para-hydroxylation sites is 1. The van der Waals surface area contributed by atoms with Crippen molar-refractivity contribution in [3.05, 3.63) is 36.0 Å². The summed E-state index contributed by atoms with van der Waals surface area (Å²) < 4.78 is 0. The van der Waals surface area contributed by atoms with Gasteiger partial charge in [-0.25, -0.2) is 0 Å². The van der Waals surface area contributed by atoms with E-state index in [1.165, 1.54) is 10.9 Å². The number of benzene rings is 1. The van der Waals surface area contributed by atoms with E-state index in [1.807, 2.05) is 18.3 Å². The molecular formula is C15H24N2O3. The highest BCUT2D eigenvalue weighted by Crippen LogP contribution is 2.22. The van der Waals surface area contributed by atoms with Crippen LogP contribution in [0.4, 0.5) is 0 Å². The molecule has 0 fully saturated rings. The lowest BCUT2D eigenvalue weighted by atomic mass is 9.94. The predicted octanol–water partition coefficient (Wildman–Crippen LogP) is 0.607. The summed E-state index contributed by atoms with van der Waals surface area (Å²) in [5.41, 5.74) is 2.26. The Labute approximate surface area is 118 Å². The standard InChI is InChI=1S/C15H22N2O2.H2O/c1-15(2,17-9-12(19)10-18)7-11-8-16-14-6-4-3-5-13(11)14;/h3-6,8,12,16-19H,7,9-10H2,1-2H3;1H2. The van der Waals surface area contributed by atoms with Crippen molar-refractivity contribution in [2.45, 2.75) is 31.9 Å². The third-order valence-corrected chi connectivity index (χ3v) is 3.33. The van der Waals surface area contributed by atoms with Crippen molar-refractivity contribution < 1.29 is 15.7 Å². The first-order valence-electron chi connectivity index (χ1n) is 6.61. The number of fused-ring (bicyclic) bond motifs is 1. The Morgan fingerprint density at radius 1 is 1.30 bits per heavy atom. The van der Waals surface area contributed by atoms with E-state index in [4.69, 9.17) is 5.11 Å². The Bertz CT molecular complexity index is 537. The van der Waals surface area contributed by atoms with Crippen LogP contribution in [-0.4, -0.2) is 45.5 Å². The summed E-state index contributed by atoms with van der Waals surface area (Å²) in [5.74, 6) is 0. The summed E-state index contributed by atoms with van der Waals surface area (Å²) >= 11 is 0. The molecule has 0 spiro atoms. The third kappa shape index (κ3) is 4.05. The van der Waals surface area contributed by atoms with Gasteiger partial charge in [0.05, 0.1) is 12.7 Å². The van der Waals surface area contributed by atoms with Crippen LogP contribution in [0.25, 0.3) is 10.9 Å². The fourth-order valence-electron chi connectivity index (χ4n) is 2.28. The fraction of sp³-hybridized carbons (Fsp3) is 0.467. The average molecular weight is 280 g/mol. The van der Waals surface area contributed by atoms with Gasteiger partial charge in [-0.15, -0.1) is 0 Å². The number of aliphatic hydroxyl groups is 2. The van der Waals surface area contributed by atoms with Gasteiger partial charge >= 0.3 is 0 Å². The van der Waals surface area contributed by atoms with Gasteiger partial charge in [-0.3, -0.25) is 0 Å². The molecule has 1 aromatic carbocycles. The summed E-state index contributed by atoms with van der Waals surface area (Å²) in [7, 11) is 0. The average Bonchev–Trinajstić information content (AvgIpc) is 2.79. The molecule has 0 saturated heterocycles. The molecule has 5 heteroatoms. The van der Waals surface area contributed by atoms with E-state index < -0.39 is 6.10 Å². The number of rotatable bonds is 6. The van der Waals surface area contributed by atoms with Crippen LogP contribution in [0, 0.1) is 0 Å². The molecule has 0 aliphatic carbocycles. The molecule has 0 radical (unpaired) electrons. The molecule has 1 aromatic heterocycles. The van der Waals surface area contributed by atoms with Gasteiger partial charge in [-0.2, -0.15) is 0 Å². The number of aromatic nitrogens is 1. The lowest BCUT2D eigenvalue weighted by Gasteiger charge is -2.27. The highest BCUT2D eigenvalue weighted by molar-refractivity contribution is 5.83. The van der Waals surface area contributed by atoms with Crippen LogP contribution in [0.3, 0.4) is 0 Å². The number of nitrogens with one attached hydrogen (secondary N) is 2. The zero-order chi connectivity index (χ0) is 13.9. The molecule has 1 unspecified atom stereocenters. The first-order valence-corrected chi connectivity index (χ1v) is 6.61. The number of aliphatic hydroxyl groups excluding tert-OH is 2. The maximum absolute atomic E-state index is 9.40. The van der Waals surface area contributed by atoms with E-state index in [-0.39, 0.29) is 17.6 Å². The summed E-state index contributed by atoms with van der Waals surface area (Å²) in [6, 6.07) is 8.23. The van der Waals surface area contributed by atoms with Gasteiger partial charge in [0.25, 0.3) is 0 Å². The Morgan fingerprint density at radius 2 is 2.00 bits per heavy atom. The molecule has 0 saturated carbocycles. The van der Waals surface area contributed by atoms with Crippen molar-refractivity contribution in [1.29, 1.82) is 0 Å². The van der Waals surface area contributed by atoms with Gasteiger partial charge in [0.2, 0.25) is 0 Å². The van der Waals surface area contributed by atoms with Gasteiger partial charge < -0.3 is 26.0 Å². The lowest BCUT2D eigenvalue weighted by molar-refractivity contribution is 0.0878. The Kier molecular flexibility index (Phi) is 5.71. The molecule has 0 aliphatic heterocycles. The zero-order valence-electron chi connectivity index (χ0n) is 12.0. The van der Waals surface area contributed by atoms with E-state index in [0.717, 1.165) is 11.9 Å². The highest BCUT2D eigenvalue weighted by Gasteiger charge is 2.20. The number of H-pyrrole nitrogens is 1. The second-order valence-corrected chi connectivity index (χ2v) is 5.64. The molecule has 0 aliphatic rings. The van der Waals surface area contributed by atoms with Crippen LogP contribution < -0.4 is 5.32 Å². The third-order valence-electron chi connectivity index (χ3n) is 3.33. The van der Waals surface area contributed by atoms with Crippen LogP contribution >= 0.6 is 0 Å². The minimum Gasteiger partial charge on any atom is -0.412 e. The molecule has 20 heavy (non-hydrogen) atoms. The van der Waals surface area contributed by atoms with Crippen molar-refractivity contribution in [2.75, 3.05) is 13.2 Å². The van der Waals surface area contributed by atoms with Gasteiger partial charge in [0, 0.05) is 29.2 Å². The summed E-state index contributed by atoms with van der Waals surface area (Å²) in [5, 5.41) is 22.8. The van der Waals surface area contributed by atoms with E-state index in [2.05, 4.69) is 36.3 Å². The lowest BCUT2D eigenvalue weighted by Crippen LogP contribution is -2.45. The minimum absolute atomic E-state index is 0. The van der Waals surface area contributed by atoms with Crippen LogP contribution in [-0.2, 0) is 6.42 Å². The van der Waals surface area contributed by atoms with E-state index in [9.17, 15) is 5.11 Å². The maximum atomic E-state index is 9.40. The normalized spacial score (nSPS) is 13.2. The topological polar surface area (TPSA) is 99.8 Å². The number of hydrogen-bond acceptors (Lipinski definition) is 3. The van der Waals surface area contributed by atoms with Crippen LogP contribution in [0.5, 0.6) is 0 Å². The van der Waals surface area contributed by atoms with Crippen molar-refractivity contribution in [3.63, 3.8) is 0 Å². The Hall–Kier alpha value is -1.40. The molecule has 2 aromatic rings. The fourth-order valence-corrected chi connectivity index (χ4v) is 2.28. The van der Waals surface area contributed by atoms with E-state index in [1.54, 1.807) is 0 Å². The molecule has 0 amide bonds. The van der Waals surface area contributed by atoms with Crippen molar-refractivity contribution in [1.82, 2.24) is 10.3 Å². The summed E-state index contributed by atoms with van der Waals surface area (Å²) in [4.78, 5) is 3.27. The van der Waals surface area contributed by atoms with Crippen molar-refractivity contribution >= 4 is 10.9 Å². The molecular weight excluding hydrogens is 256 g/mol. The molecule has 1 atom stereocenters. The predicted molar refractivity (Wildman–Crippen MR) is 80.8 cm³/mol. The Balaban J connectivity index is 0.00000200. The second kappa shape index (κ2) is 6.85. The van der Waals surface area contributed by atoms with Gasteiger partial charge in [0.1, 0.15) is 0 Å². The molecule has 112 valence electrons. The zero-order valence-corrected chi connectivity index (χ0v) is 12.0. The van der Waals surface area contributed by atoms with Crippen LogP contribution in [0.15, 0.2) is 30.5 Å². The van der Waals surface area contributed by atoms with Gasteiger partial charge in [0.15, 0.2) is 0 Å². The summed E-state index contributed by atoms with van der Waals surface area (Å²) in [6.45, 7) is 4.37. The first kappa shape index (κ1) is 16.7. The van der Waals surface area contributed by atoms with Gasteiger partial charge in [-0.05, 0) is 31.9 Å². The van der Waals surface area contributed by atoms with E-state index in [0.29, 0.717) is 6.54 Å². The molecule has 1 heterocycles. The minimum atomic E-state index is -0.706. The largest absolute Gasteiger partial charge is 0.412 e. The number of aromatic amines is 1. The number of hydrogen-bond donors (Lipinski definition) is 4. The maximum Gasteiger partial charge on any atom is 0.0895 e. The SMILES string of the molecule is CC(C)(Cc1c[nH]c2ccccc12)NCC(O)CO.O. The summed E-state index contributed by atoms with van der Waals surface area (Å²) in [6.07, 6.45) is 2.19. The highest BCUT2D eigenvalue weighted by atomic mass is 16.3. The van der Waals surface area contributed by atoms with Crippen LogP contribution in [0.2, 0.25) is 0 Å². The first-order chi connectivity index (χ1) is 9.02. The molecule has 6 N–H and O–H groups in total. The quantitative estimate of drug-likeness (QED) is 0.623.